The van der Waals surface area contributed by atoms with E-state index in [9.17, 15) is 4.79 Å². The molecule has 0 radical (unpaired) electrons. The van der Waals surface area contributed by atoms with E-state index < -0.39 is 0 Å². The number of hydrogen-bond donors (Lipinski definition) is 2. The maximum absolute atomic E-state index is 11.0. The second-order valence-corrected chi connectivity index (χ2v) is 4.12. The van der Waals surface area contributed by atoms with Crippen LogP contribution in [0.1, 0.15) is 17.9 Å². The van der Waals surface area contributed by atoms with Gasteiger partial charge in [0.05, 0.1) is 5.39 Å². The van der Waals surface area contributed by atoms with Crippen LogP contribution in [0.15, 0.2) is 4.79 Å². The fraction of sp³-hybridized carbons (Fsp3) is 0.333. The number of fused-ring (bicyclic) bond motifs is 1. The third-order valence-electron chi connectivity index (χ3n) is 2.08. The average Bonchev–Trinajstić information content (AvgIpc) is 2.27. The molecule has 0 saturated carbocycles. The number of nitrogens with two attached hydrogens (primary N) is 1. The Labute approximate surface area is 85.8 Å². The van der Waals surface area contributed by atoms with Gasteiger partial charge in [0.15, 0.2) is 0 Å². The lowest BCUT2D eigenvalue weighted by atomic mass is 10.2. The van der Waals surface area contributed by atoms with E-state index in [1.54, 1.807) is 0 Å². The first-order valence-corrected chi connectivity index (χ1v) is 4.66. The van der Waals surface area contributed by atoms with E-state index in [1.165, 1.54) is 11.3 Å². The summed E-state index contributed by atoms with van der Waals surface area (Å²) in [5.41, 5.74) is 6.40. The number of nitrogens with zero attached hydrogens (tertiary/aromatic N) is 1. The summed E-state index contributed by atoms with van der Waals surface area (Å²) in [7, 11) is 0. The number of anilines is 1. The van der Waals surface area contributed by atoms with Crippen LogP contribution >= 0.6 is 11.3 Å². The molecule has 0 unspecified atom stereocenters. The SMILES string of the molecule is C.Cc1sc2nc(=O)[nH]c(N)c2c1C. The third-order valence-corrected chi connectivity index (χ3v) is 3.18. The average molecular weight is 211 g/mol. The van der Waals surface area contributed by atoms with Crippen molar-refractivity contribution in [2.24, 2.45) is 0 Å². The summed E-state index contributed by atoms with van der Waals surface area (Å²) in [5.74, 6) is 0.414. The zero-order chi connectivity index (χ0) is 9.59. The Balaban J connectivity index is 0.000000980. The monoisotopic (exact) mass is 211 g/mol. The lowest BCUT2D eigenvalue weighted by Gasteiger charge is -1.95. The Bertz CT molecular complexity index is 527. The quantitative estimate of drug-likeness (QED) is 0.698. The number of nitrogens with one attached hydrogen (secondary N) is 1. The van der Waals surface area contributed by atoms with Crippen molar-refractivity contribution in [1.82, 2.24) is 9.97 Å². The Morgan fingerprint density at radius 2 is 2.07 bits per heavy atom. The zero-order valence-corrected chi connectivity index (χ0v) is 8.16. The predicted molar refractivity (Wildman–Crippen MR) is 60.9 cm³/mol. The third kappa shape index (κ3) is 1.39. The van der Waals surface area contributed by atoms with Crippen LogP contribution in [0.25, 0.3) is 10.2 Å². The van der Waals surface area contributed by atoms with Crippen molar-refractivity contribution in [3.63, 3.8) is 0 Å². The molecule has 0 bridgehead atoms. The Kier molecular flexibility index (Phi) is 2.62. The van der Waals surface area contributed by atoms with Gasteiger partial charge in [0.25, 0.3) is 0 Å². The van der Waals surface area contributed by atoms with Gasteiger partial charge in [-0.3, -0.25) is 4.98 Å². The maximum atomic E-state index is 11.0. The highest BCUT2D eigenvalue weighted by Crippen LogP contribution is 2.30. The molecule has 3 N–H and O–H groups in total. The van der Waals surface area contributed by atoms with E-state index in [4.69, 9.17) is 5.73 Å². The first-order chi connectivity index (χ1) is 6.09. The molecule has 0 spiro atoms. The molecular weight excluding hydrogens is 198 g/mol. The molecule has 2 heterocycles. The highest BCUT2D eigenvalue weighted by atomic mass is 32.1. The van der Waals surface area contributed by atoms with E-state index in [0.717, 1.165) is 20.7 Å². The van der Waals surface area contributed by atoms with E-state index in [1.807, 2.05) is 13.8 Å². The van der Waals surface area contributed by atoms with Crippen molar-refractivity contribution in [2.75, 3.05) is 5.73 Å². The van der Waals surface area contributed by atoms with Gasteiger partial charge >= 0.3 is 5.69 Å². The highest BCUT2D eigenvalue weighted by molar-refractivity contribution is 7.18. The molecule has 76 valence electrons. The number of H-pyrrole nitrogens is 1. The molecular formula is C9H13N3OS. The minimum Gasteiger partial charge on any atom is -0.385 e. The topological polar surface area (TPSA) is 71.8 Å². The number of rotatable bonds is 0. The van der Waals surface area contributed by atoms with Gasteiger partial charge in [-0.25, -0.2) is 4.79 Å². The molecule has 5 heteroatoms. The van der Waals surface area contributed by atoms with Gasteiger partial charge in [-0.1, -0.05) is 7.43 Å². The lowest BCUT2D eigenvalue weighted by Crippen LogP contribution is -2.11. The van der Waals surface area contributed by atoms with Crippen LogP contribution in [0.2, 0.25) is 0 Å². The summed E-state index contributed by atoms with van der Waals surface area (Å²) in [6.07, 6.45) is 0. The molecule has 0 saturated heterocycles. The normalized spacial score (nSPS) is 10.1. The van der Waals surface area contributed by atoms with Gasteiger partial charge in [0.2, 0.25) is 0 Å². The number of hydrogen-bond acceptors (Lipinski definition) is 4. The second-order valence-electron chi connectivity index (χ2n) is 2.92. The molecule has 2 rings (SSSR count). The maximum Gasteiger partial charge on any atom is 0.347 e. The molecule has 2 aromatic heterocycles. The van der Waals surface area contributed by atoms with Crippen LogP contribution in [-0.4, -0.2) is 9.97 Å². The molecule has 4 nitrogen and oxygen atoms in total. The van der Waals surface area contributed by atoms with Crippen LogP contribution in [0.3, 0.4) is 0 Å². The molecule has 0 aliphatic heterocycles. The van der Waals surface area contributed by atoms with E-state index in [2.05, 4.69) is 9.97 Å². The second kappa shape index (κ2) is 3.42. The summed E-state index contributed by atoms with van der Waals surface area (Å²) < 4.78 is 0. The van der Waals surface area contributed by atoms with Crippen molar-refractivity contribution in [2.45, 2.75) is 21.3 Å². The first kappa shape index (κ1) is 10.7. The van der Waals surface area contributed by atoms with Gasteiger partial charge in [0, 0.05) is 4.88 Å². The van der Waals surface area contributed by atoms with Gasteiger partial charge in [-0.15, -0.1) is 11.3 Å². The van der Waals surface area contributed by atoms with Crippen molar-refractivity contribution in [3.05, 3.63) is 20.9 Å². The standard InChI is InChI=1S/C8H9N3OS.CH4/c1-3-4(2)13-7-5(3)6(9)10-8(12)11-7;/h1-2H3,(H3,9,10,11,12);1H4. The van der Waals surface area contributed by atoms with Crippen molar-refractivity contribution < 1.29 is 0 Å². The fourth-order valence-electron chi connectivity index (χ4n) is 1.30. The Morgan fingerprint density at radius 1 is 1.43 bits per heavy atom. The first-order valence-electron chi connectivity index (χ1n) is 3.85. The largest absolute Gasteiger partial charge is 0.385 e. The van der Waals surface area contributed by atoms with Crippen LogP contribution in [-0.2, 0) is 0 Å². The summed E-state index contributed by atoms with van der Waals surface area (Å²) in [6, 6.07) is 0. The minimum absolute atomic E-state index is 0. The molecule has 2 aromatic rings. The summed E-state index contributed by atoms with van der Waals surface area (Å²) >= 11 is 1.50. The fourth-order valence-corrected chi connectivity index (χ4v) is 2.34. The van der Waals surface area contributed by atoms with Gasteiger partial charge in [-0.2, -0.15) is 4.98 Å². The van der Waals surface area contributed by atoms with Crippen molar-refractivity contribution >= 4 is 27.4 Å². The summed E-state index contributed by atoms with van der Waals surface area (Å²) in [6.45, 7) is 3.97. The van der Waals surface area contributed by atoms with Crippen molar-refractivity contribution in [1.29, 1.82) is 0 Å². The van der Waals surface area contributed by atoms with E-state index in [0.29, 0.717) is 5.82 Å². The van der Waals surface area contributed by atoms with Crippen LogP contribution in [0.5, 0.6) is 0 Å². The summed E-state index contributed by atoms with van der Waals surface area (Å²) in [5, 5.41) is 0.877. The molecule has 0 amide bonds. The van der Waals surface area contributed by atoms with Gasteiger partial charge < -0.3 is 5.73 Å². The minimum atomic E-state index is -0.383. The molecule has 14 heavy (non-hydrogen) atoms. The molecule has 0 atom stereocenters. The smallest absolute Gasteiger partial charge is 0.347 e. The van der Waals surface area contributed by atoms with Crippen LogP contribution in [0, 0.1) is 13.8 Å². The Morgan fingerprint density at radius 3 is 2.71 bits per heavy atom. The van der Waals surface area contributed by atoms with Gasteiger partial charge in [-0.05, 0) is 19.4 Å². The van der Waals surface area contributed by atoms with Crippen molar-refractivity contribution in [3.8, 4) is 0 Å². The van der Waals surface area contributed by atoms with Gasteiger partial charge in [0.1, 0.15) is 10.6 Å². The Hall–Kier alpha value is -1.36. The zero-order valence-electron chi connectivity index (χ0n) is 7.34. The molecule has 0 aliphatic carbocycles. The molecule has 0 aromatic carbocycles. The number of aromatic amines is 1. The van der Waals surface area contributed by atoms with E-state index in [-0.39, 0.29) is 13.1 Å². The number of aryl methyl sites for hydroxylation is 2. The number of thiophene rings is 1. The number of aromatic nitrogens is 2. The highest BCUT2D eigenvalue weighted by Gasteiger charge is 2.09. The summed E-state index contributed by atoms with van der Waals surface area (Å²) in [4.78, 5) is 19.2. The molecule has 0 fully saturated rings. The lowest BCUT2D eigenvalue weighted by molar-refractivity contribution is 1.13. The van der Waals surface area contributed by atoms with Crippen LogP contribution in [0.4, 0.5) is 5.82 Å². The number of nitrogen functional groups attached to an aromatic ring is 1. The van der Waals surface area contributed by atoms with E-state index >= 15 is 0 Å². The molecule has 0 aliphatic rings. The van der Waals surface area contributed by atoms with Crippen LogP contribution < -0.4 is 11.4 Å². The predicted octanol–water partition coefficient (Wildman–Crippen LogP) is 1.82.